The third kappa shape index (κ3) is 2.15. The zero-order chi connectivity index (χ0) is 12.4. The smallest absolute Gasteiger partial charge is 0.120 e. The van der Waals surface area contributed by atoms with Crippen LogP contribution in [-0.4, -0.2) is 11.2 Å². The number of hydrogen-bond acceptors (Lipinski definition) is 1. The van der Waals surface area contributed by atoms with Crippen LogP contribution >= 0.6 is 0 Å². The molecule has 0 radical (unpaired) electrons. The Morgan fingerprint density at radius 2 is 2.22 bits per heavy atom. The standard InChI is InChI=1S/C16H19NO/c1-2-10-18-15-6-7-16-14(11-15)8-9-17(16)12-13-4-3-5-13/h2,6-9,11,13H,1,3-5,10,12H2. The van der Waals surface area contributed by atoms with Gasteiger partial charge >= 0.3 is 0 Å². The van der Waals surface area contributed by atoms with E-state index in [1.54, 1.807) is 6.08 Å². The summed E-state index contributed by atoms with van der Waals surface area (Å²) in [4.78, 5) is 0. The third-order valence-corrected chi connectivity index (χ3v) is 3.79. The molecule has 0 amide bonds. The zero-order valence-electron chi connectivity index (χ0n) is 10.6. The summed E-state index contributed by atoms with van der Waals surface area (Å²) in [6.45, 7) is 5.39. The first kappa shape index (κ1) is 11.4. The van der Waals surface area contributed by atoms with Gasteiger partial charge in [0, 0.05) is 23.6 Å². The molecule has 0 saturated heterocycles. The van der Waals surface area contributed by atoms with Gasteiger partial charge in [0.2, 0.25) is 0 Å². The molecule has 2 nitrogen and oxygen atoms in total. The van der Waals surface area contributed by atoms with Crippen molar-refractivity contribution in [2.45, 2.75) is 25.8 Å². The zero-order valence-corrected chi connectivity index (χ0v) is 10.6. The number of benzene rings is 1. The summed E-state index contributed by atoms with van der Waals surface area (Å²) >= 11 is 0. The van der Waals surface area contributed by atoms with Crippen LogP contribution in [0.3, 0.4) is 0 Å². The Morgan fingerprint density at radius 3 is 2.94 bits per heavy atom. The highest BCUT2D eigenvalue weighted by Gasteiger charge is 2.18. The minimum Gasteiger partial charge on any atom is -0.490 e. The van der Waals surface area contributed by atoms with E-state index in [0.29, 0.717) is 6.61 Å². The largest absolute Gasteiger partial charge is 0.490 e. The van der Waals surface area contributed by atoms with Crippen molar-refractivity contribution in [2.24, 2.45) is 5.92 Å². The summed E-state index contributed by atoms with van der Waals surface area (Å²) in [5, 5.41) is 1.26. The molecule has 0 bridgehead atoms. The minimum atomic E-state index is 0.564. The van der Waals surface area contributed by atoms with E-state index in [2.05, 4.69) is 35.5 Å². The number of fused-ring (bicyclic) bond motifs is 1. The normalized spacial score (nSPS) is 15.6. The topological polar surface area (TPSA) is 14.2 Å². The lowest BCUT2D eigenvalue weighted by Gasteiger charge is -2.26. The van der Waals surface area contributed by atoms with Crippen molar-refractivity contribution < 1.29 is 4.74 Å². The number of hydrogen-bond donors (Lipinski definition) is 0. The van der Waals surface area contributed by atoms with Crippen LogP contribution < -0.4 is 4.74 Å². The van der Waals surface area contributed by atoms with Crippen LogP contribution in [0.4, 0.5) is 0 Å². The van der Waals surface area contributed by atoms with Crippen LogP contribution in [-0.2, 0) is 6.54 Å². The summed E-state index contributed by atoms with van der Waals surface area (Å²) in [5.41, 5.74) is 1.31. The number of rotatable bonds is 5. The summed E-state index contributed by atoms with van der Waals surface area (Å²) in [6.07, 6.45) is 8.15. The first-order valence-electron chi connectivity index (χ1n) is 6.69. The predicted molar refractivity (Wildman–Crippen MR) is 75.0 cm³/mol. The molecule has 2 aromatic rings. The Morgan fingerprint density at radius 1 is 1.33 bits per heavy atom. The molecule has 1 aromatic carbocycles. The lowest BCUT2D eigenvalue weighted by molar-refractivity contribution is 0.280. The molecule has 18 heavy (non-hydrogen) atoms. The molecule has 1 heterocycles. The summed E-state index contributed by atoms with van der Waals surface area (Å²) < 4.78 is 7.93. The molecule has 0 atom stereocenters. The van der Waals surface area contributed by atoms with Crippen molar-refractivity contribution in [1.82, 2.24) is 4.57 Å². The Labute approximate surface area is 108 Å². The van der Waals surface area contributed by atoms with Gasteiger partial charge in [-0.25, -0.2) is 0 Å². The van der Waals surface area contributed by atoms with Gasteiger partial charge in [-0.2, -0.15) is 0 Å². The van der Waals surface area contributed by atoms with E-state index in [4.69, 9.17) is 4.74 Å². The van der Waals surface area contributed by atoms with E-state index in [0.717, 1.165) is 18.2 Å². The molecule has 3 rings (SSSR count). The van der Waals surface area contributed by atoms with Gasteiger partial charge in [0.25, 0.3) is 0 Å². The molecule has 1 aromatic heterocycles. The monoisotopic (exact) mass is 241 g/mol. The average Bonchev–Trinajstić information content (AvgIpc) is 2.73. The fourth-order valence-electron chi connectivity index (χ4n) is 2.54. The van der Waals surface area contributed by atoms with Gasteiger partial charge < -0.3 is 9.30 Å². The molecule has 1 saturated carbocycles. The fourth-order valence-corrected chi connectivity index (χ4v) is 2.54. The summed E-state index contributed by atoms with van der Waals surface area (Å²) in [7, 11) is 0. The van der Waals surface area contributed by atoms with Crippen LogP contribution in [0.5, 0.6) is 5.75 Å². The van der Waals surface area contributed by atoms with Crippen molar-refractivity contribution in [3.05, 3.63) is 43.1 Å². The van der Waals surface area contributed by atoms with E-state index in [9.17, 15) is 0 Å². The first-order valence-corrected chi connectivity index (χ1v) is 6.69. The maximum absolute atomic E-state index is 5.56. The molecule has 1 aliphatic rings. The Hall–Kier alpha value is -1.70. The molecular weight excluding hydrogens is 222 g/mol. The van der Waals surface area contributed by atoms with Crippen LogP contribution in [0.25, 0.3) is 10.9 Å². The molecule has 0 unspecified atom stereocenters. The highest BCUT2D eigenvalue weighted by atomic mass is 16.5. The van der Waals surface area contributed by atoms with Gasteiger partial charge in [0.1, 0.15) is 12.4 Å². The van der Waals surface area contributed by atoms with Gasteiger partial charge in [-0.3, -0.25) is 0 Å². The molecule has 2 heteroatoms. The van der Waals surface area contributed by atoms with Crippen LogP contribution in [0.15, 0.2) is 43.1 Å². The lowest BCUT2D eigenvalue weighted by atomic mass is 9.85. The van der Waals surface area contributed by atoms with Gasteiger partial charge in [0.05, 0.1) is 0 Å². The van der Waals surface area contributed by atoms with E-state index >= 15 is 0 Å². The molecule has 0 N–H and O–H groups in total. The summed E-state index contributed by atoms with van der Waals surface area (Å²) in [6, 6.07) is 8.49. The number of aromatic nitrogens is 1. The fraction of sp³-hybridized carbons (Fsp3) is 0.375. The van der Waals surface area contributed by atoms with Crippen molar-refractivity contribution in [2.75, 3.05) is 6.61 Å². The second-order valence-electron chi connectivity index (χ2n) is 5.09. The van der Waals surface area contributed by atoms with Gasteiger partial charge in [0.15, 0.2) is 0 Å². The third-order valence-electron chi connectivity index (χ3n) is 3.79. The second kappa shape index (κ2) is 4.89. The highest BCUT2D eigenvalue weighted by molar-refractivity contribution is 5.81. The number of nitrogens with zero attached hydrogens (tertiary/aromatic N) is 1. The Kier molecular flexibility index (Phi) is 3.09. The molecule has 0 aliphatic heterocycles. The predicted octanol–water partition coefficient (Wildman–Crippen LogP) is 4.01. The van der Waals surface area contributed by atoms with Gasteiger partial charge in [-0.1, -0.05) is 19.1 Å². The highest BCUT2D eigenvalue weighted by Crippen LogP contribution is 2.30. The maximum atomic E-state index is 5.56. The molecule has 0 spiro atoms. The van der Waals surface area contributed by atoms with Crippen molar-refractivity contribution in [3.8, 4) is 5.75 Å². The molecule has 94 valence electrons. The summed E-state index contributed by atoms with van der Waals surface area (Å²) in [5.74, 6) is 1.81. The van der Waals surface area contributed by atoms with Crippen molar-refractivity contribution in [3.63, 3.8) is 0 Å². The SMILES string of the molecule is C=CCOc1ccc2c(ccn2CC2CCC2)c1. The van der Waals surface area contributed by atoms with E-state index < -0.39 is 0 Å². The van der Waals surface area contributed by atoms with Crippen molar-refractivity contribution in [1.29, 1.82) is 0 Å². The average molecular weight is 241 g/mol. The minimum absolute atomic E-state index is 0.564. The quantitative estimate of drug-likeness (QED) is 0.721. The first-order chi connectivity index (χ1) is 8.86. The van der Waals surface area contributed by atoms with Crippen LogP contribution in [0.2, 0.25) is 0 Å². The Bertz CT molecular complexity index is 551. The second-order valence-corrected chi connectivity index (χ2v) is 5.09. The van der Waals surface area contributed by atoms with E-state index in [-0.39, 0.29) is 0 Å². The molecular formula is C16H19NO. The number of ether oxygens (including phenoxy) is 1. The maximum Gasteiger partial charge on any atom is 0.120 e. The van der Waals surface area contributed by atoms with Crippen LogP contribution in [0.1, 0.15) is 19.3 Å². The lowest BCUT2D eigenvalue weighted by Crippen LogP contribution is -2.17. The van der Waals surface area contributed by atoms with Crippen LogP contribution in [0, 0.1) is 5.92 Å². The van der Waals surface area contributed by atoms with E-state index in [1.807, 2.05) is 6.07 Å². The van der Waals surface area contributed by atoms with Gasteiger partial charge in [-0.05, 0) is 43.0 Å². The van der Waals surface area contributed by atoms with Crippen molar-refractivity contribution >= 4 is 10.9 Å². The van der Waals surface area contributed by atoms with Gasteiger partial charge in [-0.15, -0.1) is 0 Å². The Balaban J connectivity index is 1.82. The molecule has 1 aliphatic carbocycles. The molecule has 1 fully saturated rings. The van der Waals surface area contributed by atoms with E-state index in [1.165, 1.54) is 30.2 Å².